The maximum atomic E-state index is 12.6. The van der Waals surface area contributed by atoms with Crippen molar-refractivity contribution in [2.45, 2.75) is 11.8 Å². The SMILES string of the molecule is C=CCN(CCO)S(=O)(=O)c1cc(C(=O)O)cc(Br)c1C. The summed E-state index contributed by atoms with van der Waals surface area (Å²) in [5.41, 5.74) is 0.278. The number of carboxylic acids is 1. The molecule has 1 aromatic carbocycles. The van der Waals surface area contributed by atoms with Crippen LogP contribution in [0.3, 0.4) is 0 Å². The van der Waals surface area contributed by atoms with Crippen LogP contribution in [-0.4, -0.2) is 48.6 Å². The Morgan fingerprint density at radius 1 is 1.48 bits per heavy atom. The Balaban J connectivity index is 3.48. The van der Waals surface area contributed by atoms with Crippen LogP contribution < -0.4 is 0 Å². The molecule has 0 radical (unpaired) electrons. The lowest BCUT2D eigenvalue weighted by atomic mass is 10.1. The molecule has 0 saturated carbocycles. The molecule has 0 aliphatic rings. The zero-order valence-corrected chi connectivity index (χ0v) is 13.8. The minimum Gasteiger partial charge on any atom is -0.478 e. The number of sulfonamides is 1. The molecule has 21 heavy (non-hydrogen) atoms. The fourth-order valence-corrected chi connectivity index (χ4v) is 4.02. The third-order valence-corrected chi connectivity index (χ3v) is 5.66. The van der Waals surface area contributed by atoms with E-state index in [2.05, 4.69) is 22.5 Å². The maximum absolute atomic E-state index is 12.6. The predicted octanol–water partition coefficient (Wildman–Crippen LogP) is 1.62. The van der Waals surface area contributed by atoms with Crippen LogP contribution in [0.4, 0.5) is 0 Å². The smallest absolute Gasteiger partial charge is 0.335 e. The molecule has 0 bridgehead atoms. The molecule has 0 unspecified atom stereocenters. The molecule has 0 saturated heterocycles. The molecule has 1 aromatic rings. The van der Waals surface area contributed by atoms with Crippen LogP contribution >= 0.6 is 15.9 Å². The highest BCUT2D eigenvalue weighted by atomic mass is 79.9. The first-order chi connectivity index (χ1) is 9.75. The second-order valence-corrected chi connectivity index (χ2v) is 7.02. The molecule has 0 amide bonds. The molecule has 0 spiro atoms. The van der Waals surface area contributed by atoms with Gasteiger partial charge < -0.3 is 10.2 Å². The number of aliphatic hydroxyl groups excluding tert-OH is 1. The van der Waals surface area contributed by atoms with Gasteiger partial charge in [-0.05, 0) is 24.6 Å². The Bertz CT molecular complexity index is 657. The van der Waals surface area contributed by atoms with Crippen molar-refractivity contribution >= 4 is 31.9 Å². The van der Waals surface area contributed by atoms with Crippen molar-refractivity contribution in [1.29, 1.82) is 0 Å². The fraction of sp³-hybridized carbons (Fsp3) is 0.308. The van der Waals surface area contributed by atoms with E-state index in [1.807, 2.05) is 0 Å². The molecule has 6 nitrogen and oxygen atoms in total. The van der Waals surface area contributed by atoms with E-state index in [1.54, 1.807) is 6.92 Å². The van der Waals surface area contributed by atoms with Crippen molar-refractivity contribution in [2.24, 2.45) is 0 Å². The predicted molar refractivity (Wildman–Crippen MR) is 81.9 cm³/mol. The van der Waals surface area contributed by atoms with Gasteiger partial charge in [0.1, 0.15) is 0 Å². The van der Waals surface area contributed by atoms with Gasteiger partial charge in [-0.1, -0.05) is 22.0 Å². The number of aromatic carboxylic acids is 1. The highest BCUT2D eigenvalue weighted by molar-refractivity contribution is 9.10. The van der Waals surface area contributed by atoms with Crippen molar-refractivity contribution in [2.75, 3.05) is 19.7 Å². The summed E-state index contributed by atoms with van der Waals surface area (Å²) in [6.45, 7) is 4.65. The van der Waals surface area contributed by atoms with E-state index < -0.39 is 16.0 Å². The molecule has 0 aliphatic carbocycles. The third-order valence-electron chi connectivity index (χ3n) is 2.84. The standard InChI is InChI=1S/C13H16BrNO5S/c1-3-4-15(5-6-16)21(19,20)12-8-10(13(17)18)7-11(14)9(12)2/h3,7-8,16H,1,4-6H2,2H3,(H,17,18). The van der Waals surface area contributed by atoms with Gasteiger partial charge in [0.05, 0.1) is 17.1 Å². The van der Waals surface area contributed by atoms with Gasteiger partial charge in [0, 0.05) is 17.6 Å². The van der Waals surface area contributed by atoms with Crippen LogP contribution in [-0.2, 0) is 10.0 Å². The topological polar surface area (TPSA) is 94.9 Å². The number of carbonyl (C=O) groups is 1. The van der Waals surface area contributed by atoms with Gasteiger partial charge in [0.2, 0.25) is 10.0 Å². The van der Waals surface area contributed by atoms with Crippen LogP contribution in [0.25, 0.3) is 0 Å². The zero-order chi connectivity index (χ0) is 16.2. The number of rotatable bonds is 7. The third kappa shape index (κ3) is 3.91. The van der Waals surface area contributed by atoms with Crippen molar-refractivity contribution in [3.05, 3.63) is 40.4 Å². The lowest BCUT2D eigenvalue weighted by Gasteiger charge is -2.21. The highest BCUT2D eigenvalue weighted by Crippen LogP contribution is 2.28. The van der Waals surface area contributed by atoms with E-state index in [9.17, 15) is 13.2 Å². The maximum Gasteiger partial charge on any atom is 0.335 e. The Kier molecular flexibility index (Phi) is 6.09. The van der Waals surface area contributed by atoms with Gasteiger partial charge in [-0.25, -0.2) is 13.2 Å². The quantitative estimate of drug-likeness (QED) is 0.704. The van der Waals surface area contributed by atoms with E-state index in [4.69, 9.17) is 10.2 Å². The van der Waals surface area contributed by atoms with E-state index in [1.165, 1.54) is 12.1 Å². The molecule has 0 fully saturated rings. The lowest BCUT2D eigenvalue weighted by molar-refractivity contribution is 0.0696. The second-order valence-electron chi connectivity index (χ2n) is 4.26. The zero-order valence-electron chi connectivity index (χ0n) is 11.4. The number of aliphatic hydroxyl groups is 1. The molecule has 0 atom stereocenters. The summed E-state index contributed by atoms with van der Waals surface area (Å²) in [5.74, 6) is -1.22. The molecule has 1 rings (SSSR count). The normalized spacial score (nSPS) is 11.6. The first-order valence-electron chi connectivity index (χ1n) is 6.01. The van der Waals surface area contributed by atoms with E-state index in [0.29, 0.717) is 10.0 Å². The Labute approximate surface area is 131 Å². The van der Waals surface area contributed by atoms with Gasteiger partial charge in [-0.2, -0.15) is 4.31 Å². The van der Waals surface area contributed by atoms with Crippen molar-refractivity contribution in [3.8, 4) is 0 Å². The number of carboxylic acid groups (broad SMARTS) is 1. The van der Waals surface area contributed by atoms with Gasteiger partial charge in [-0.15, -0.1) is 6.58 Å². The molecule has 0 aliphatic heterocycles. The number of hydrogen-bond acceptors (Lipinski definition) is 4. The van der Waals surface area contributed by atoms with Gasteiger partial charge in [0.25, 0.3) is 0 Å². The molecule has 8 heteroatoms. The van der Waals surface area contributed by atoms with Crippen LogP contribution in [0.15, 0.2) is 34.2 Å². The van der Waals surface area contributed by atoms with E-state index in [-0.39, 0.29) is 30.2 Å². The second kappa shape index (κ2) is 7.17. The van der Waals surface area contributed by atoms with Crippen LogP contribution in [0, 0.1) is 6.92 Å². The van der Waals surface area contributed by atoms with Crippen molar-refractivity contribution < 1.29 is 23.4 Å². The average Bonchev–Trinajstić information content (AvgIpc) is 2.40. The van der Waals surface area contributed by atoms with Crippen molar-refractivity contribution in [3.63, 3.8) is 0 Å². The summed E-state index contributed by atoms with van der Waals surface area (Å²) >= 11 is 3.17. The summed E-state index contributed by atoms with van der Waals surface area (Å²) in [6, 6.07) is 2.46. The van der Waals surface area contributed by atoms with Gasteiger partial charge in [-0.3, -0.25) is 0 Å². The Hall–Kier alpha value is -1.22. The van der Waals surface area contributed by atoms with E-state index in [0.717, 1.165) is 10.4 Å². The molecule has 0 aromatic heterocycles. The minimum absolute atomic E-state index is 0.0251. The first kappa shape index (κ1) is 17.8. The number of nitrogens with zero attached hydrogens (tertiary/aromatic N) is 1. The summed E-state index contributed by atoms with van der Waals surface area (Å²) in [4.78, 5) is 11.0. The van der Waals surface area contributed by atoms with Gasteiger partial charge in [0.15, 0.2) is 0 Å². The highest BCUT2D eigenvalue weighted by Gasteiger charge is 2.27. The van der Waals surface area contributed by atoms with Crippen molar-refractivity contribution in [1.82, 2.24) is 4.31 Å². The first-order valence-corrected chi connectivity index (χ1v) is 8.24. The fourth-order valence-electron chi connectivity index (χ4n) is 1.75. The van der Waals surface area contributed by atoms with Crippen LogP contribution in [0.1, 0.15) is 15.9 Å². The minimum atomic E-state index is -3.93. The number of benzene rings is 1. The molecule has 116 valence electrons. The van der Waals surface area contributed by atoms with Crippen LogP contribution in [0.2, 0.25) is 0 Å². The Morgan fingerprint density at radius 2 is 2.10 bits per heavy atom. The molecular formula is C13H16BrNO5S. The number of halogens is 1. The summed E-state index contributed by atoms with van der Waals surface area (Å²) in [7, 11) is -3.93. The average molecular weight is 378 g/mol. The largest absolute Gasteiger partial charge is 0.478 e. The summed E-state index contributed by atoms with van der Waals surface area (Å²) in [6.07, 6.45) is 1.40. The summed E-state index contributed by atoms with van der Waals surface area (Å²) < 4.78 is 26.7. The molecular weight excluding hydrogens is 362 g/mol. The Morgan fingerprint density at radius 3 is 2.57 bits per heavy atom. The monoisotopic (exact) mass is 377 g/mol. The van der Waals surface area contributed by atoms with E-state index >= 15 is 0 Å². The van der Waals surface area contributed by atoms with Gasteiger partial charge >= 0.3 is 5.97 Å². The molecule has 0 heterocycles. The molecule has 2 N–H and O–H groups in total. The lowest BCUT2D eigenvalue weighted by Crippen LogP contribution is -2.34. The summed E-state index contributed by atoms with van der Waals surface area (Å²) in [5, 5.41) is 18.0. The van der Waals surface area contributed by atoms with Crippen LogP contribution in [0.5, 0.6) is 0 Å². The number of hydrogen-bond donors (Lipinski definition) is 2.